The van der Waals surface area contributed by atoms with Crippen molar-refractivity contribution in [2.24, 2.45) is 11.3 Å². The van der Waals surface area contributed by atoms with Crippen LogP contribution < -0.4 is 5.32 Å². The minimum Gasteiger partial charge on any atom is -0.314 e. The van der Waals surface area contributed by atoms with Gasteiger partial charge in [0.1, 0.15) is 5.82 Å². The highest BCUT2D eigenvalue weighted by atomic mass is 79.9. The van der Waals surface area contributed by atoms with Crippen LogP contribution in [0.5, 0.6) is 0 Å². The molecule has 0 heterocycles. The Kier molecular flexibility index (Phi) is 7.35. The SMILES string of the molecule is CCCNC(Cc1cc(F)cc(Br)c1)CC(C)C(C)(C)C. The molecule has 1 aromatic rings. The molecule has 1 nitrogen and oxygen atoms in total. The van der Waals surface area contributed by atoms with Crippen LogP contribution in [-0.2, 0) is 6.42 Å². The monoisotopic (exact) mass is 357 g/mol. The summed E-state index contributed by atoms with van der Waals surface area (Å²) < 4.78 is 14.3. The highest BCUT2D eigenvalue weighted by Crippen LogP contribution is 2.30. The van der Waals surface area contributed by atoms with Gasteiger partial charge in [-0.05, 0) is 60.9 Å². The molecular weight excluding hydrogens is 329 g/mol. The Labute approximate surface area is 137 Å². The fraction of sp³-hybridized carbons (Fsp3) is 0.667. The summed E-state index contributed by atoms with van der Waals surface area (Å²) in [6, 6.07) is 5.57. The second kappa shape index (κ2) is 8.28. The summed E-state index contributed by atoms with van der Waals surface area (Å²) in [6.07, 6.45) is 3.10. The maximum atomic E-state index is 13.5. The molecule has 3 heteroatoms. The highest BCUT2D eigenvalue weighted by Gasteiger charge is 2.23. The Hall–Kier alpha value is -0.410. The van der Waals surface area contributed by atoms with Crippen LogP contribution in [0, 0.1) is 17.2 Å². The Morgan fingerprint density at radius 1 is 1.24 bits per heavy atom. The standard InChI is InChI=1S/C18H29BrFN/c1-6-7-21-17(8-13(2)18(3,4)5)11-14-9-15(19)12-16(20)10-14/h9-10,12-13,17,21H,6-8,11H2,1-5H3. The molecule has 0 fully saturated rings. The summed E-state index contributed by atoms with van der Waals surface area (Å²) in [4.78, 5) is 0. The van der Waals surface area contributed by atoms with Gasteiger partial charge in [-0.25, -0.2) is 4.39 Å². The van der Waals surface area contributed by atoms with E-state index in [2.05, 4.69) is 55.9 Å². The van der Waals surface area contributed by atoms with Crippen LogP contribution in [0.1, 0.15) is 53.0 Å². The van der Waals surface area contributed by atoms with Crippen molar-refractivity contribution >= 4 is 15.9 Å². The number of hydrogen-bond donors (Lipinski definition) is 1. The third kappa shape index (κ3) is 6.92. The summed E-state index contributed by atoms with van der Waals surface area (Å²) in [5, 5.41) is 3.62. The normalized spacial score (nSPS) is 15.0. The molecule has 0 spiro atoms. The average molecular weight is 358 g/mol. The van der Waals surface area contributed by atoms with Gasteiger partial charge in [0.2, 0.25) is 0 Å². The van der Waals surface area contributed by atoms with Crippen molar-refractivity contribution in [1.82, 2.24) is 5.32 Å². The molecule has 0 radical (unpaired) electrons. The van der Waals surface area contributed by atoms with E-state index in [4.69, 9.17) is 0 Å². The van der Waals surface area contributed by atoms with Crippen molar-refractivity contribution in [3.05, 3.63) is 34.1 Å². The lowest BCUT2D eigenvalue weighted by atomic mass is 9.78. The molecule has 0 aliphatic rings. The molecule has 1 N–H and O–H groups in total. The van der Waals surface area contributed by atoms with Crippen LogP contribution in [0.15, 0.2) is 22.7 Å². The average Bonchev–Trinajstić information content (AvgIpc) is 2.33. The van der Waals surface area contributed by atoms with E-state index in [0.29, 0.717) is 17.4 Å². The van der Waals surface area contributed by atoms with E-state index in [1.165, 1.54) is 6.07 Å². The summed E-state index contributed by atoms with van der Waals surface area (Å²) in [7, 11) is 0. The van der Waals surface area contributed by atoms with Gasteiger partial charge in [-0.3, -0.25) is 0 Å². The van der Waals surface area contributed by atoms with E-state index in [1.807, 2.05) is 6.07 Å². The molecule has 120 valence electrons. The fourth-order valence-corrected chi connectivity index (χ4v) is 2.89. The number of nitrogens with one attached hydrogen (secondary N) is 1. The quantitative estimate of drug-likeness (QED) is 0.672. The molecule has 1 aromatic carbocycles. The van der Waals surface area contributed by atoms with Crippen LogP contribution in [0.2, 0.25) is 0 Å². The van der Waals surface area contributed by atoms with E-state index in [1.54, 1.807) is 6.07 Å². The molecule has 2 unspecified atom stereocenters. The first-order valence-electron chi connectivity index (χ1n) is 7.90. The maximum absolute atomic E-state index is 13.5. The van der Waals surface area contributed by atoms with Crippen LogP contribution in [0.3, 0.4) is 0 Å². The minimum absolute atomic E-state index is 0.169. The zero-order chi connectivity index (χ0) is 16.0. The predicted molar refractivity (Wildman–Crippen MR) is 93.1 cm³/mol. The van der Waals surface area contributed by atoms with Crippen molar-refractivity contribution in [2.45, 2.75) is 59.9 Å². The zero-order valence-corrected chi connectivity index (χ0v) is 15.6. The van der Waals surface area contributed by atoms with Gasteiger partial charge in [0.15, 0.2) is 0 Å². The Balaban J connectivity index is 2.77. The lowest BCUT2D eigenvalue weighted by Gasteiger charge is -2.31. The number of benzene rings is 1. The summed E-state index contributed by atoms with van der Waals surface area (Å²) in [5.74, 6) is 0.446. The molecule has 0 aromatic heterocycles. The van der Waals surface area contributed by atoms with Gasteiger partial charge in [0.05, 0.1) is 0 Å². The van der Waals surface area contributed by atoms with E-state index >= 15 is 0 Å². The van der Waals surface area contributed by atoms with E-state index in [9.17, 15) is 4.39 Å². The smallest absolute Gasteiger partial charge is 0.124 e. The second-order valence-corrected chi connectivity index (χ2v) is 8.05. The minimum atomic E-state index is -0.169. The Morgan fingerprint density at radius 3 is 2.43 bits per heavy atom. The highest BCUT2D eigenvalue weighted by molar-refractivity contribution is 9.10. The van der Waals surface area contributed by atoms with Crippen molar-refractivity contribution < 1.29 is 4.39 Å². The first-order chi connectivity index (χ1) is 9.72. The third-order valence-electron chi connectivity index (χ3n) is 4.20. The number of hydrogen-bond acceptors (Lipinski definition) is 1. The van der Waals surface area contributed by atoms with E-state index in [-0.39, 0.29) is 5.82 Å². The van der Waals surface area contributed by atoms with Crippen LogP contribution in [0.25, 0.3) is 0 Å². The fourth-order valence-electron chi connectivity index (χ4n) is 2.38. The molecule has 0 aliphatic heterocycles. The predicted octanol–water partition coefficient (Wildman–Crippen LogP) is 5.57. The molecule has 1 rings (SSSR count). The lowest BCUT2D eigenvalue weighted by Crippen LogP contribution is -2.35. The second-order valence-electron chi connectivity index (χ2n) is 7.14. The van der Waals surface area contributed by atoms with Crippen molar-refractivity contribution in [3.63, 3.8) is 0 Å². The van der Waals surface area contributed by atoms with E-state index < -0.39 is 0 Å². The topological polar surface area (TPSA) is 12.0 Å². The van der Waals surface area contributed by atoms with Gasteiger partial charge in [-0.1, -0.05) is 50.5 Å². The third-order valence-corrected chi connectivity index (χ3v) is 4.66. The number of rotatable bonds is 7. The first kappa shape index (κ1) is 18.6. The Morgan fingerprint density at radius 2 is 1.90 bits per heavy atom. The molecular formula is C18H29BrFN. The largest absolute Gasteiger partial charge is 0.314 e. The van der Waals surface area contributed by atoms with E-state index in [0.717, 1.165) is 35.8 Å². The van der Waals surface area contributed by atoms with Crippen molar-refractivity contribution in [2.75, 3.05) is 6.54 Å². The van der Waals surface area contributed by atoms with Gasteiger partial charge in [0.25, 0.3) is 0 Å². The molecule has 0 saturated carbocycles. The zero-order valence-electron chi connectivity index (χ0n) is 14.0. The van der Waals surface area contributed by atoms with Gasteiger partial charge in [-0.2, -0.15) is 0 Å². The summed E-state index contributed by atoms with van der Waals surface area (Å²) in [6.45, 7) is 12.4. The molecule has 21 heavy (non-hydrogen) atoms. The lowest BCUT2D eigenvalue weighted by molar-refractivity contribution is 0.222. The Bertz CT molecular complexity index is 419. The van der Waals surface area contributed by atoms with Gasteiger partial charge < -0.3 is 5.32 Å². The van der Waals surface area contributed by atoms with Crippen LogP contribution in [0.4, 0.5) is 4.39 Å². The summed E-state index contributed by atoms with van der Waals surface area (Å²) >= 11 is 3.38. The molecule has 0 saturated heterocycles. The first-order valence-corrected chi connectivity index (χ1v) is 8.70. The molecule has 0 aliphatic carbocycles. The number of halogens is 2. The van der Waals surface area contributed by atoms with Crippen molar-refractivity contribution in [3.8, 4) is 0 Å². The molecule has 0 amide bonds. The molecule has 2 atom stereocenters. The van der Waals surface area contributed by atoms with Crippen LogP contribution in [-0.4, -0.2) is 12.6 Å². The maximum Gasteiger partial charge on any atom is 0.124 e. The van der Waals surface area contributed by atoms with Gasteiger partial charge >= 0.3 is 0 Å². The van der Waals surface area contributed by atoms with Gasteiger partial charge in [0, 0.05) is 10.5 Å². The van der Waals surface area contributed by atoms with Gasteiger partial charge in [-0.15, -0.1) is 0 Å². The van der Waals surface area contributed by atoms with Crippen LogP contribution >= 0.6 is 15.9 Å². The summed E-state index contributed by atoms with van der Waals surface area (Å²) in [5.41, 5.74) is 1.35. The van der Waals surface area contributed by atoms with Crippen molar-refractivity contribution in [1.29, 1.82) is 0 Å². The molecule has 0 bridgehead atoms.